The van der Waals surface area contributed by atoms with Crippen LogP contribution in [0.15, 0.2) is 42.6 Å². The van der Waals surface area contributed by atoms with E-state index in [1.807, 2.05) is 38.1 Å². The summed E-state index contributed by atoms with van der Waals surface area (Å²) in [5, 5.41) is 12.9. The minimum absolute atomic E-state index is 0.139. The summed E-state index contributed by atoms with van der Waals surface area (Å²) >= 11 is 0. The van der Waals surface area contributed by atoms with Gasteiger partial charge in [-0.25, -0.2) is 4.39 Å². The highest BCUT2D eigenvalue weighted by Crippen LogP contribution is 2.24. The van der Waals surface area contributed by atoms with Crippen LogP contribution < -0.4 is 5.32 Å². The van der Waals surface area contributed by atoms with Gasteiger partial charge in [0.1, 0.15) is 5.82 Å². The van der Waals surface area contributed by atoms with Crippen LogP contribution in [0.4, 0.5) is 10.1 Å². The molecule has 2 aromatic rings. The van der Waals surface area contributed by atoms with Gasteiger partial charge in [0.2, 0.25) is 0 Å². The first-order chi connectivity index (χ1) is 9.03. The molecule has 4 heteroatoms. The van der Waals surface area contributed by atoms with Crippen molar-refractivity contribution in [3.63, 3.8) is 0 Å². The Labute approximate surface area is 112 Å². The average Bonchev–Trinajstić information content (AvgIpc) is 2.39. The highest BCUT2D eigenvalue weighted by atomic mass is 19.1. The van der Waals surface area contributed by atoms with Crippen molar-refractivity contribution in [1.82, 2.24) is 4.98 Å². The summed E-state index contributed by atoms with van der Waals surface area (Å²) < 4.78 is 12.9. The van der Waals surface area contributed by atoms with Gasteiger partial charge in [-0.05, 0) is 43.7 Å². The van der Waals surface area contributed by atoms with Crippen LogP contribution in [0.25, 0.3) is 0 Å². The number of hydrogen-bond acceptors (Lipinski definition) is 3. The Morgan fingerprint density at radius 1 is 1.32 bits per heavy atom. The van der Waals surface area contributed by atoms with E-state index < -0.39 is 5.54 Å². The molecule has 2 N–H and O–H groups in total. The van der Waals surface area contributed by atoms with Gasteiger partial charge in [0.05, 0.1) is 24.0 Å². The van der Waals surface area contributed by atoms with Crippen molar-refractivity contribution in [2.75, 3.05) is 11.9 Å². The third kappa shape index (κ3) is 3.09. The molecule has 1 atom stereocenters. The van der Waals surface area contributed by atoms with E-state index in [2.05, 4.69) is 10.3 Å². The highest BCUT2D eigenvalue weighted by molar-refractivity contribution is 5.48. The number of nitrogens with zero attached hydrogens (tertiary/aromatic N) is 1. The molecule has 0 fully saturated rings. The van der Waals surface area contributed by atoms with Gasteiger partial charge in [-0.15, -0.1) is 0 Å². The smallest absolute Gasteiger partial charge is 0.141 e. The maximum Gasteiger partial charge on any atom is 0.141 e. The monoisotopic (exact) mass is 260 g/mol. The second kappa shape index (κ2) is 5.36. The Morgan fingerprint density at radius 2 is 2.11 bits per heavy atom. The normalized spacial score (nSPS) is 13.9. The molecule has 0 saturated heterocycles. The van der Waals surface area contributed by atoms with E-state index in [1.54, 1.807) is 6.07 Å². The molecule has 1 aromatic heterocycles. The predicted molar refractivity (Wildman–Crippen MR) is 73.4 cm³/mol. The Balaban J connectivity index is 2.29. The van der Waals surface area contributed by atoms with E-state index in [0.717, 1.165) is 17.4 Å². The summed E-state index contributed by atoms with van der Waals surface area (Å²) in [4.78, 5) is 4.04. The molecule has 1 unspecified atom stereocenters. The van der Waals surface area contributed by atoms with E-state index in [9.17, 15) is 9.50 Å². The fourth-order valence-corrected chi connectivity index (χ4v) is 1.93. The van der Waals surface area contributed by atoms with Crippen molar-refractivity contribution in [2.45, 2.75) is 19.4 Å². The number of anilines is 1. The van der Waals surface area contributed by atoms with E-state index in [0.29, 0.717) is 5.69 Å². The zero-order chi connectivity index (χ0) is 13.9. The van der Waals surface area contributed by atoms with Crippen molar-refractivity contribution < 1.29 is 9.50 Å². The largest absolute Gasteiger partial charge is 0.394 e. The first-order valence-corrected chi connectivity index (χ1v) is 6.11. The molecule has 0 aliphatic rings. The lowest BCUT2D eigenvalue weighted by molar-refractivity contribution is 0.221. The Morgan fingerprint density at radius 3 is 2.68 bits per heavy atom. The van der Waals surface area contributed by atoms with Gasteiger partial charge in [0.15, 0.2) is 0 Å². The second-order valence-electron chi connectivity index (χ2n) is 4.85. The van der Waals surface area contributed by atoms with Crippen LogP contribution in [0.3, 0.4) is 0 Å². The van der Waals surface area contributed by atoms with E-state index in [-0.39, 0.29) is 12.4 Å². The predicted octanol–water partition coefficient (Wildman–Crippen LogP) is 2.85. The molecule has 0 saturated carbocycles. The molecule has 0 bridgehead atoms. The number of aryl methyl sites for hydroxylation is 1. The van der Waals surface area contributed by atoms with Crippen molar-refractivity contribution >= 4 is 5.69 Å². The van der Waals surface area contributed by atoms with Gasteiger partial charge in [-0.3, -0.25) is 4.98 Å². The van der Waals surface area contributed by atoms with E-state index >= 15 is 0 Å². The summed E-state index contributed by atoms with van der Waals surface area (Å²) in [6, 6.07) is 10.8. The summed E-state index contributed by atoms with van der Waals surface area (Å²) in [6.45, 7) is 3.69. The molecular formula is C15H17FN2O. The lowest BCUT2D eigenvalue weighted by Crippen LogP contribution is -2.36. The van der Waals surface area contributed by atoms with Crippen molar-refractivity contribution in [2.24, 2.45) is 0 Å². The molecule has 0 radical (unpaired) electrons. The van der Waals surface area contributed by atoms with E-state index in [1.165, 1.54) is 6.07 Å². The van der Waals surface area contributed by atoms with Gasteiger partial charge in [-0.1, -0.05) is 12.1 Å². The number of rotatable bonds is 4. The molecule has 1 heterocycles. The maximum atomic E-state index is 12.9. The molecule has 1 aromatic carbocycles. The number of halogens is 1. The quantitative estimate of drug-likeness (QED) is 0.888. The first kappa shape index (κ1) is 13.5. The van der Waals surface area contributed by atoms with Gasteiger partial charge < -0.3 is 10.4 Å². The number of hydrogen-bond donors (Lipinski definition) is 2. The maximum absolute atomic E-state index is 12.9. The standard InChI is InChI=1S/C15H17FN2O/c1-11-4-3-5-13(8-11)18-15(2,10-19)14-7-6-12(16)9-17-14/h3-9,18-19H,10H2,1-2H3. The van der Waals surface area contributed by atoms with Crippen molar-refractivity contribution in [3.05, 3.63) is 59.7 Å². The van der Waals surface area contributed by atoms with Crippen molar-refractivity contribution in [1.29, 1.82) is 0 Å². The Bertz CT molecular complexity index is 556. The lowest BCUT2D eigenvalue weighted by atomic mass is 9.97. The summed E-state index contributed by atoms with van der Waals surface area (Å²) in [6.07, 6.45) is 1.15. The molecule has 19 heavy (non-hydrogen) atoms. The van der Waals surface area contributed by atoms with Crippen LogP contribution in [0.2, 0.25) is 0 Å². The van der Waals surface area contributed by atoms with Crippen molar-refractivity contribution in [3.8, 4) is 0 Å². The summed E-state index contributed by atoms with van der Waals surface area (Å²) in [5.74, 6) is -0.389. The Hall–Kier alpha value is -1.94. The van der Waals surface area contributed by atoms with Gasteiger partial charge in [-0.2, -0.15) is 0 Å². The zero-order valence-corrected chi connectivity index (χ0v) is 11.0. The summed E-state index contributed by atoms with van der Waals surface area (Å²) in [7, 11) is 0. The number of benzene rings is 1. The van der Waals surface area contributed by atoms with Crippen LogP contribution in [0, 0.1) is 12.7 Å². The number of aliphatic hydroxyl groups excluding tert-OH is 1. The van der Waals surface area contributed by atoms with Crippen LogP contribution in [-0.2, 0) is 5.54 Å². The highest BCUT2D eigenvalue weighted by Gasteiger charge is 2.27. The topological polar surface area (TPSA) is 45.1 Å². The van der Waals surface area contributed by atoms with Gasteiger partial charge in [0, 0.05) is 5.69 Å². The molecule has 3 nitrogen and oxygen atoms in total. The second-order valence-corrected chi connectivity index (χ2v) is 4.85. The third-order valence-corrected chi connectivity index (χ3v) is 3.05. The minimum atomic E-state index is -0.749. The number of nitrogens with one attached hydrogen (secondary N) is 1. The molecular weight excluding hydrogens is 243 g/mol. The zero-order valence-electron chi connectivity index (χ0n) is 11.0. The molecule has 0 amide bonds. The molecule has 0 aliphatic heterocycles. The summed E-state index contributed by atoms with van der Waals surface area (Å²) in [5.41, 5.74) is 1.86. The SMILES string of the molecule is Cc1cccc(NC(C)(CO)c2ccc(F)cn2)c1. The molecule has 2 rings (SSSR count). The van der Waals surface area contributed by atoms with E-state index in [4.69, 9.17) is 0 Å². The number of aliphatic hydroxyl groups is 1. The first-order valence-electron chi connectivity index (χ1n) is 6.11. The van der Waals surface area contributed by atoms with Gasteiger partial charge >= 0.3 is 0 Å². The number of aromatic nitrogens is 1. The lowest BCUT2D eigenvalue weighted by Gasteiger charge is -2.29. The van der Waals surface area contributed by atoms with Crippen LogP contribution in [0.5, 0.6) is 0 Å². The van der Waals surface area contributed by atoms with Gasteiger partial charge in [0.25, 0.3) is 0 Å². The fraction of sp³-hybridized carbons (Fsp3) is 0.267. The molecule has 0 aliphatic carbocycles. The Kier molecular flexibility index (Phi) is 3.81. The third-order valence-electron chi connectivity index (χ3n) is 3.05. The van der Waals surface area contributed by atoms with Crippen LogP contribution in [0.1, 0.15) is 18.2 Å². The van der Waals surface area contributed by atoms with Crippen LogP contribution >= 0.6 is 0 Å². The van der Waals surface area contributed by atoms with Crippen LogP contribution in [-0.4, -0.2) is 16.7 Å². The average molecular weight is 260 g/mol. The molecule has 0 spiro atoms. The minimum Gasteiger partial charge on any atom is -0.394 e. The number of pyridine rings is 1. The molecule has 100 valence electrons. The fourth-order valence-electron chi connectivity index (χ4n) is 1.93.